The molecular weight excluding hydrogens is 296 g/mol. The van der Waals surface area contributed by atoms with Crippen LogP contribution in [-0.4, -0.2) is 49.0 Å². The summed E-state index contributed by atoms with van der Waals surface area (Å²) in [5.41, 5.74) is 1.39. The molecule has 1 heterocycles. The second-order valence-corrected chi connectivity index (χ2v) is 7.72. The third-order valence-corrected chi connectivity index (χ3v) is 5.99. The highest BCUT2D eigenvalue weighted by molar-refractivity contribution is 6.36. The number of aryl methyl sites for hydroxylation is 1. The van der Waals surface area contributed by atoms with Gasteiger partial charge in [-0.2, -0.15) is 0 Å². The number of benzene rings is 1. The first-order valence-corrected chi connectivity index (χ1v) is 10.0. The molecule has 0 amide bonds. The van der Waals surface area contributed by atoms with Gasteiger partial charge in [-0.1, -0.05) is 31.0 Å². The van der Waals surface area contributed by atoms with Crippen LogP contribution >= 0.6 is 0 Å². The molecule has 1 atom stereocenters. The first-order chi connectivity index (χ1) is 10.8. The molecule has 1 aliphatic heterocycles. The second kappa shape index (κ2) is 10.00. The van der Waals surface area contributed by atoms with Crippen LogP contribution in [0.3, 0.4) is 0 Å². The highest BCUT2D eigenvalue weighted by Crippen LogP contribution is 2.17. The van der Waals surface area contributed by atoms with Gasteiger partial charge in [0.15, 0.2) is 0 Å². The van der Waals surface area contributed by atoms with E-state index >= 15 is 0 Å². The van der Waals surface area contributed by atoms with Crippen LogP contribution in [0.1, 0.15) is 24.8 Å². The summed E-state index contributed by atoms with van der Waals surface area (Å²) in [6.07, 6.45) is 5.28. The fourth-order valence-electron chi connectivity index (χ4n) is 2.43. The average Bonchev–Trinajstić information content (AvgIpc) is 3.38. The Kier molecular flexibility index (Phi) is 7.94. The molecule has 1 aromatic rings. The summed E-state index contributed by atoms with van der Waals surface area (Å²) in [5, 5.41) is 0. The molecule has 2 rings (SSSR count). The number of ether oxygens (including phenoxy) is 4. The molecule has 0 radical (unpaired) electrons. The summed E-state index contributed by atoms with van der Waals surface area (Å²) >= 11 is 0. The molecule has 0 N–H and O–H groups in total. The fraction of sp³-hybridized carbons (Fsp3) is 0.647. The van der Waals surface area contributed by atoms with Gasteiger partial charge >= 0.3 is 0 Å². The van der Waals surface area contributed by atoms with Gasteiger partial charge < -0.3 is 18.9 Å². The Labute approximate surface area is 135 Å². The zero-order valence-electron chi connectivity index (χ0n) is 13.8. The SMILES string of the molecule is COC(OC)[SiH2]CCCCCc1ccc(OCC2CO2)cc1. The van der Waals surface area contributed by atoms with Crippen molar-refractivity contribution in [2.45, 2.75) is 43.7 Å². The molecule has 5 heteroatoms. The zero-order valence-corrected chi connectivity index (χ0v) is 15.2. The maximum Gasteiger partial charge on any atom is 0.134 e. The van der Waals surface area contributed by atoms with Crippen LogP contribution in [-0.2, 0) is 20.6 Å². The summed E-state index contributed by atoms with van der Waals surface area (Å²) < 4.78 is 21.3. The predicted molar refractivity (Wildman–Crippen MR) is 90.4 cm³/mol. The Morgan fingerprint density at radius 1 is 1.14 bits per heavy atom. The number of methoxy groups -OCH3 is 2. The van der Waals surface area contributed by atoms with Gasteiger partial charge in [-0.05, 0) is 30.5 Å². The lowest BCUT2D eigenvalue weighted by Crippen LogP contribution is -2.20. The van der Waals surface area contributed by atoms with E-state index in [-0.39, 0.29) is 15.4 Å². The number of hydrogen-bond acceptors (Lipinski definition) is 4. The molecule has 1 fully saturated rings. The highest BCUT2D eigenvalue weighted by Gasteiger charge is 2.22. The second-order valence-electron chi connectivity index (χ2n) is 5.76. The Hall–Kier alpha value is -0.883. The number of unbranched alkanes of at least 4 members (excludes halogenated alkanes) is 2. The molecule has 0 aliphatic carbocycles. The minimum absolute atomic E-state index is 0.0913. The van der Waals surface area contributed by atoms with Crippen molar-refractivity contribution in [1.82, 2.24) is 0 Å². The Bertz CT molecular complexity index is 402. The van der Waals surface area contributed by atoms with E-state index in [9.17, 15) is 0 Å². The molecule has 1 aliphatic rings. The number of rotatable bonds is 12. The topological polar surface area (TPSA) is 40.2 Å². The van der Waals surface area contributed by atoms with Gasteiger partial charge in [0, 0.05) is 14.2 Å². The lowest BCUT2D eigenvalue weighted by molar-refractivity contribution is -0.0441. The van der Waals surface area contributed by atoms with E-state index in [1.54, 1.807) is 14.2 Å². The van der Waals surface area contributed by atoms with Gasteiger partial charge in [0.1, 0.15) is 24.4 Å². The Balaban J connectivity index is 1.52. The minimum atomic E-state index is -0.250. The molecule has 1 saturated heterocycles. The van der Waals surface area contributed by atoms with Crippen LogP contribution in [0.5, 0.6) is 5.75 Å². The third kappa shape index (κ3) is 6.92. The van der Waals surface area contributed by atoms with E-state index in [0.717, 1.165) is 18.8 Å². The minimum Gasteiger partial charge on any atom is -0.491 e. The Morgan fingerprint density at radius 3 is 2.50 bits per heavy atom. The van der Waals surface area contributed by atoms with Crippen molar-refractivity contribution in [1.29, 1.82) is 0 Å². The molecule has 1 aromatic carbocycles. The third-order valence-electron chi connectivity index (χ3n) is 3.94. The van der Waals surface area contributed by atoms with Crippen molar-refractivity contribution >= 4 is 9.52 Å². The summed E-state index contributed by atoms with van der Waals surface area (Å²) in [6.45, 7) is 1.52. The molecule has 0 bridgehead atoms. The van der Waals surface area contributed by atoms with Crippen molar-refractivity contribution in [3.63, 3.8) is 0 Å². The normalized spacial score (nSPS) is 17.5. The molecular formula is C17H28O4Si. The van der Waals surface area contributed by atoms with Gasteiger partial charge in [-0.3, -0.25) is 0 Å². The molecule has 1 unspecified atom stereocenters. The maximum absolute atomic E-state index is 5.64. The monoisotopic (exact) mass is 324 g/mol. The summed E-state index contributed by atoms with van der Waals surface area (Å²) in [4.78, 5) is 0. The quantitative estimate of drug-likeness (QED) is 0.256. The summed E-state index contributed by atoms with van der Waals surface area (Å²) in [6, 6.07) is 9.76. The predicted octanol–water partition coefficient (Wildman–Crippen LogP) is 2.34. The first kappa shape index (κ1) is 17.5. The van der Waals surface area contributed by atoms with Crippen molar-refractivity contribution in [3.8, 4) is 5.75 Å². The molecule has 124 valence electrons. The van der Waals surface area contributed by atoms with Crippen LogP contribution < -0.4 is 4.74 Å². The van der Waals surface area contributed by atoms with Crippen LogP contribution in [0.4, 0.5) is 0 Å². The van der Waals surface area contributed by atoms with Crippen LogP contribution in [0.2, 0.25) is 6.04 Å². The smallest absolute Gasteiger partial charge is 0.134 e. The number of epoxide rings is 1. The van der Waals surface area contributed by atoms with E-state index in [0.29, 0.717) is 12.7 Å². The molecule has 0 aromatic heterocycles. The van der Waals surface area contributed by atoms with E-state index < -0.39 is 0 Å². The standard InChI is InChI=1S/C17H28O4Si/c1-18-17(19-2)22-11-5-3-4-6-14-7-9-15(10-8-14)20-12-16-13-21-16/h7-10,16-17H,3-6,11-13,22H2,1-2H3. The molecule has 22 heavy (non-hydrogen) atoms. The highest BCUT2D eigenvalue weighted by atomic mass is 28.2. The van der Waals surface area contributed by atoms with E-state index in [1.165, 1.54) is 30.9 Å². The molecule has 4 nitrogen and oxygen atoms in total. The van der Waals surface area contributed by atoms with Crippen LogP contribution in [0.15, 0.2) is 24.3 Å². The van der Waals surface area contributed by atoms with E-state index in [4.69, 9.17) is 18.9 Å². The summed E-state index contributed by atoms with van der Waals surface area (Å²) in [5.74, 6) is 1.03. The van der Waals surface area contributed by atoms with Gasteiger partial charge in [0.25, 0.3) is 0 Å². The van der Waals surface area contributed by atoms with Crippen molar-refractivity contribution in [3.05, 3.63) is 29.8 Å². The summed E-state index contributed by atoms with van der Waals surface area (Å²) in [7, 11) is 3.21. The van der Waals surface area contributed by atoms with Crippen molar-refractivity contribution < 1.29 is 18.9 Å². The number of hydrogen-bond donors (Lipinski definition) is 0. The zero-order chi connectivity index (χ0) is 15.6. The van der Waals surface area contributed by atoms with E-state index in [2.05, 4.69) is 24.3 Å². The maximum atomic E-state index is 5.64. The lowest BCUT2D eigenvalue weighted by atomic mass is 10.1. The van der Waals surface area contributed by atoms with Gasteiger partial charge in [-0.25, -0.2) is 0 Å². The van der Waals surface area contributed by atoms with Crippen LogP contribution in [0.25, 0.3) is 0 Å². The van der Waals surface area contributed by atoms with Crippen molar-refractivity contribution in [2.75, 3.05) is 27.4 Å². The fourth-order valence-corrected chi connectivity index (χ4v) is 3.88. The average molecular weight is 324 g/mol. The van der Waals surface area contributed by atoms with Crippen molar-refractivity contribution in [2.24, 2.45) is 0 Å². The molecule has 0 spiro atoms. The van der Waals surface area contributed by atoms with Gasteiger partial charge in [-0.15, -0.1) is 0 Å². The molecule has 0 saturated carbocycles. The van der Waals surface area contributed by atoms with E-state index in [1.807, 2.05) is 0 Å². The van der Waals surface area contributed by atoms with Gasteiger partial charge in [0.2, 0.25) is 0 Å². The first-order valence-electron chi connectivity index (χ1n) is 8.20. The Morgan fingerprint density at radius 2 is 1.86 bits per heavy atom. The lowest BCUT2D eigenvalue weighted by Gasteiger charge is -2.12. The van der Waals surface area contributed by atoms with Crippen LogP contribution in [0, 0.1) is 0 Å². The van der Waals surface area contributed by atoms with Gasteiger partial charge in [0.05, 0.1) is 16.1 Å². The largest absolute Gasteiger partial charge is 0.491 e.